The summed E-state index contributed by atoms with van der Waals surface area (Å²) in [7, 11) is 0. The maximum atomic E-state index is 14.0. The van der Waals surface area contributed by atoms with E-state index in [4.69, 9.17) is 10.00 Å². The number of halogens is 2. The number of rotatable bonds is 6. The molecule has 5 heteroatoms. The molecular weight excluding hydrogens is 372 g/mol. The Balaban J connectivity index is 1.56. The van der Waals surface area contributed by atoms with Crippen LogP contribution in [0.5, 0.6) is 5.75 Å². The molecule has 2 aromatic carbocycles. The molecule has 0 amide bonds. The van der Waals surface area contributed by atoms with E-state index in [1.54, 1.807) is 6.07 Å². The second kappa shape index (κ2) is 9.65. The molecule has 29 heavy (non-hydrogen) atoms. The molecule has 3 nitrogen and oxygen atoms in total. The largest absolute Gasteiger partial charge is 0.423 e. The molecule has 0 saturated heterocycles. The molecule has 3 rings (SSSR count). The molecule has 2 aromatic rings. The molecule has 1 aliphatic rings. The first-order valence-electron chi connectivity index (χ1n) is 10.2. The Morgan fingerprint density at radius 3 is 2.38 bits per heavy atom. The van der Waals surface area contributed by atoms with Crippen LogP contribution in [-0.4, -0.2) is 5.97 Å². The number of benzene rings is 2. The molecule has 1 aliphatic carbocycles. The van der Waals surface area contributed by atoms with Gasteiger partial charge in [-0.2, -0.15) is 9.65 Å². The Bertz CT molecular complexity index is 894. The molecule has 0 heterocycles. The molecule has 0 atom stereocenters. The van der Waals surface area contributed by atoms with Gasteiger partial charge in [-0.1, -0.05) is 37.6 Å². The smallest absolute Gasteiger partial charge is 0.314 e. The van der Waals surface area contributed by atoms with Crippen molar-refractivity contribution in [2.75, 3.05) is 0 Å². The molecule has 0 bridgehead atoms. The lowest BCUT2D eigenvalue weighted by atomic mass is 9.78. The maximum absolute atomic E-state index is 14.0. The Morgan fingerprint density at radius 1 is 1.07 bits per heavy atom. The van der Waals surface area contributed by atoms with E-state index >= 15 is 0 Å². The van der Waals surface area contributed by atoms with Crippen molar-refractivity contribution in [1.29, 1.82) is 5.26 Å². The van der Waals surface area contributed by atoms with E-state index in [-0.39, 0.29) is 5.92 Å². The third kappa shape index (κ3) is 5.00. The fourth-order valence-electron chi connectivity index (χ4n) is 3.89. The minimum Gasteiger partial charge on any atom is -0.423 e. The van der Waals surface area contributed by atoms with Crippen LogP contribution in [0.3, 0.4) is 0 Å². The molecule has 0 N–H and O–H groups in total. The second-order valence-corrected chi connectivity index (χ2v) is 7.67. The van der Waals surface area contributed by atoms with E-state index in [1.807, 2.05) is 0 Å². The summed E-state index contributed by atoms with van der Waals surface area (Å²) in [5.74, 6) is -3.51. The van der Waals surface area contributed by atoms with Crippen LogP contribution in [0.1, 0.15) is 68.1 Å². The van der Waals surface area contributed by atoms with Crippen LogP contribution >= 0.6 is 0 Å². The molecular formula is C24H25F2NO2. The number of hydrogen-bond acceptors (Lipinski definition) is 3. The minimum absolute atomic E-state index is 0.326. The van der Waals surface area contributed by atoms with E-state index in [9.17, 15) is 13.6 Å². The average molecular weight is 397 g/mol. The minimum atomic E-state index is -1.30. The van der Waals surface area contributed by atoms with Gasteiger partial charge in [0, 0.05) is 0 Å². The van der Waals surface area contributed by atoms with Gasteiger partial charge in [-0.3, -0.25) is 4.79 Å². The summed E-state index contributed by atoms with van der Waals surface area (Å²) in [5.41, 5.74) is 2.23. The number of aryl methyl sites for hydroxylation is 1. The highest BCUT2D eigenvalue weighted by atomic mass is 19.2. The van der Waals surface area contributed by atoms with Gasteiger partial charge in [-0.25, -0.2) is 4.39 Å². The lowest BCUT2D eigenvalue weighted by Crippen LogP contribution is -2.25. The maximum Gasteiger partial charge on any atom is 0.314 e. The van der Waals surface area contributed by atoms with Crippen molar-refractivity contribution >= 4 is 5.97 Å². The molecule has 0 aliphatic heterocycles. The Morgan fingerprint density at radius 2 is 1.76 bits per heavy atom. The highest BCUT2D eigenvalue weighted by Gasteiger charge is 2.29. The summed E-state index contributed by atoms with van der Waals surface area (Å²) in [6.07, 6.45) is 6.50. The Kier molecular flexibility index (Phi) is 6.98. The summed E-state index contributed by atoms with van der Waals surface area (Å²) in [6.45, 7) is 2.18. The van der Waals surface area contributed by atoms with Crippen LogP contribution in [-0.2, 0) is 11.2 Å². The first-order valence-corrected chi connectivity index (χ1v) is 10.2. The first-order chi connectivity index (χ1) is 14.0. The third-order valence-corrected chi connectivity index (χ3v) is 5.71. The van der Waals surface area contributed by atoms with Gasteiger partial charge in [0.05, 0.1) is 11.5 Å². The van der Waals surface area contributed by atoms with Crippen LogP contribution in [0.4, 0.5) is 8.78 Å². The standard InChI is InChI=1S/C24H25F2NO2/c1-2-3-4-16-5-7-17(8-6-16)18-9-11-19(12-10-18)24(28)29-21-14-13-20(15-27)22(25)23(21)26/h5-8,13-14,18-19H,2-4,9-12H2,1H3. The predicted octanol–water partition coefficient (Wildman–Crippen LogP) is 6.06. The van der Waals surface area contributed by atoms with Crippen molar-refractivity contribution in [2.45, 2.75) is 57.8 Å². The molecule has 0 aromatic heterocycles. The van der Waals surface area contributed by atoms with Gasteiger partial charge in [0.15, 0.2) is 11.6 Å². The lowest BCUT2D eigenvalue weighted by molar-refractivity contribution is -0.140. The summed E-state index contributed by atoms with van der Waals surface area (Å²) in [6, 6.07) is 12.5. The van der Waals surface area contributed by atoms with Crippen molar-refractivity contribution in [3.63, 3.8) is 0 Å². The van der Waals surface area contributed by atoms with Gasteiger partial charge < -0.3 is 4.74 Å². The van der Waals surface area contributed by atoms with Gasteiger partial charge in [-0.05, 0) is 67.7 Å². The zero-order chi connectivity index (χ0) is 20.8. The number of carbonyl (C=O) groups is 1. The summed E-state index contributed by atoms with van der Waals surface area (Å²) >= 11 is 0. The van der Waals surface area contributed by atoms with Gasteiger partial charge in [0.2, 0.25) is 5.82 Å². The average Bonchev–Trinajstić information content (AvgIpc) is 2.76. The highest BCUT2D eigenvalue weighted by molar-refractivity contribution is 5.75. The fraction of sp³-hybridized carbons (Fsp3) is 0.417. The Labute approximate surface area is 170 Å². The molecule has 0 radical (unpaired) electrons. The zero-order valence-corrected chi connectivity index (χ0v) is 16.6. The predicted molar refractivity (Wildman–Crippen MR) is 106 cm³/mol. The molecule has 0 unspecified atom stereocenters. The lowest BCUT2D eigenvalue weighted by Gasteiger charge is -2.27. The van der Waals surface area contributed by atoms with Crippen LogP contribution < -0.4 is 4.74 Å². The normalized spacial score (nSPS) is 18.8. The van der Waals surface area contributed by atoms with E-state index < -0.39 is 28.9 Å². The van der Waals surface area contributed by atoms with E-state index in [0.717, 1.165) is 31.4 Å². The first kappa shape index (κ1) is 21.0. The topological polar surface area (TPSA) is 50.1 Å². The van der Waals surface area contributed by atoms with Crippen molar-refractivity contribution in [3.05, 3.63) is 64.7 Å². The monoisotopic (exact) mass is 397 g/mol. The number of unbranched alkanes of at least 4 members (excludes halogenated alkanes) is 1. The fourth-order valence-corrected chi connectivity index (χ4v) is 3.89. The summed E-state index contributed by atoms with van der Waals surface area (Å²) in [4.78, 5) is 12.4. The molecule has 1 fully saturated rings. The van der Waals surface area contributed by atoms with E-state index in [2.05, 4.69) is 31.2 Å². The SMILES string of the molecule is CCCCc1ccc(C2CCC(C(=O)Oc3ccc(C#N)c(F)c3F)CC2)cc1. The van der Waals surface area contributed by atoms with Gasteiger partial charge in [0.25, 0.3) is 0 Å². The number of nitrogens with zero attached hydrogens (tertiary/aromatic N) is 1. The van der Waals surface area contributed by atoms with Crippen LogP contribution in [0.15, 0.2) is 36.4 Å². The highest BCUT2D eigenvalue weighted by Crippen LogP contribution is 2.37. The van der Waals surface area contributed by atoms with Crippen molar-refractivity contribution < 1.29 is 18.3 Å². The summed E-state index contributed by atoms with van der Waals surface area (Å²) < 4.78 is 32.8. The number of carbonyl (C=O) groups excluding carboxylic acids is 1. The molecule has 1 saturated carbocycles. The zero-order valence-electron chi connectivity index (χ0n) is 16.6. The van der Waals surface area contributed by atoms with E-state index in [0.29, 0.717) is 18.8 Å². The number of ether oxygens (including phenoxy) is 1. The van der Waals surface area contributed by atoms with Gasteiger partial charge in [0.1, 0.15) is 6.07 Å². The number of nitriles is 1. The quantitative estimate of drug-likeness (QED) is 0.440. The molecule has 0 spiro atoms. The third-order valence-electron chi connectivity index (χ3n) is 5.71. The summed E-state index contributed by atoms with van der Waals surface area (Å²) in [5, 5.41) is 8.73. The van der Waals surface area contributed by atoms with Crippen molar-refractivity contribution in [2.24, 2.45) is 5.92 Å². The van der Waals surface area contributed by atoms with Gasteiger partial charge in [-0.15, -0.1) is 0 Å². The second-order valence-electron chi connectivity index (χ2n) is 7.67. The number of hydrogen-bond donors (Lipinski definition) is 0. The van der Waals surface area contributed by atoms with Crippen molar-refractivity contribution in [1.82, 2.24) is 0 Å². The van der Waals surface area contributed by atoms with Crippen molar-refractivity contribution in [3.8, 4) is 11.8 Å². The van der Waals surface area contributed by atoms with Crippen LogP contribution in [0, 0.1) is 28.9 Å². The van der Waals surface area contributed by atoms with Crippen LogP contribution in [0.25, 0.3) is 0 Å². The molecule has 152 valence electrons. The Hall–Kier alpha value is -2.74. The van der Waals surface area contributed by atoms with Crippen LogP contribution in [0.2, 0.25) is 0 Å². The number of esters is 1. The van der Waals surface area contributed by atoms with Gasteiger partial charge >= 0.3 is 5.97 Å². The van der Waals surface area contributed by atoms with E-state index in [1.165, 1.54) is 24.0 Å².